The Labute approximate surface area is 113 Å². The summed E-state index contributed by atoms with van der Waals surface area (Å²) in [7, 11) is 0. The maximum atomic E-state index is 13.9. The zero-order chi connectivity index (χ0) is 14.5. The molecule has 0 unspecified atom stereocenters. The molecule has 0 aromatic heterocycles. The number of nitrogens with zero attached hydrogens (tertiary/aromatic N) is 1. The van der Waals surface area contributed by atoms with Crippen molar-refractivity contribution in [2.45, 2.75) is 24.6 Å². The molecular formula is C13H12F2N2O3. The number of primary amides is 1. The van der Waals surface area contributed by atoms with Gasteiger partial charge in [0.05, 0.1) is 12.2 Å². The third-order valence-electron chi connectivity index (χ3n) is 3.57. The highest BCUT2D eigenvalue weighted by molar-refractivity contribution is 5.95. The molecule has 2 amide bonds. The Morgan fingerprint density at radius 3 is 2.65 bits per heavy atom. The first kappa shape index (κ1) is 12.8. The molecule has 3 rings (SSSR count). The molecular weight excluding hydrogens is 270 g/mol. The molecule has 1 saturated carbocycles. The second-order valence-electron chi connectivity index (χ2n) is 5.01. The number of nitrogens with two attached hydrogens (primary N) is 1. The molecule has 1 saturated heterocycles. The fraction of sp³-hybridized carbons (Fsp3) is 0.385. The molecule has 2 N–H and O–H groups in total. The molecule has 1 heterocycles. The number of carbonyl (C=O) groups excluding carboxylic acids is 2. The smallest absolute Gasteiger partial charge is 0.415 e. The van der Waals surface area contributed by atoms with E-state index in [1.54, 1.807) is 0 Å². The Kier molecular flexibility index (Phi) is 2.67. The van der Waals surface area contributed by atoms with Crippen molar-refractivity contribution in [3.63, 3.8) is 0 Å². The van der Waals surface area contributed by atoms with Crippen LogP contribution in [-0.4, -0.2) is 24.6 Å². The second-order valence-corrected chi connectivity index (χ2v) is 5.01. The first-order chi connectivity index (χ1) is 9.40. The summed E-state index contributed by atoms with van der Waals surface area (Å²) in [6, 6.07) is 3.82. The van der Waals surface area contributed by atoms with Crippen LogP contribution in [0, 0.1) is 5.82 Å². The highest BCUT2D eigenvalue weighted by atomic mass is 19.2. The van der Waals surface area contributed by atoms with Gasteiger partial charge in [0.25, 0.3) is 5.91 Å². The number of cyclic esters (lactones) is 1. The average molecular weight is 282 g/mol. The van der Waals surface area contributed by atoms with Gasteiger partial charge in [-0.15, -0.1) is 0 Å². The summed E-state index contributed by atoms with van der Waals surface area (Å²) in [6.07, 6.45) is -1.22. The number of benzene rings is 1. The molecule has 1 atom stereocenters. The van der Waals surface area contributed by atoms with Gasteiger partial charge in [-0.1, -0.05) is 6.07 Å². The van der Waals surface area contributed by atoms with E-state index in [0.29, 0.717) is 12.8 Å². The SMILES string of the molecule is NC(=O)[C@H]1CN(c2ccc(C3(F)CC3)c(F)c2)C(=O)O1. The average Bonchev–Trinajstić information content (AvgIpc) is 2.99. The van der Waals surface area contributed by atoms with Crippen LogP contribution in [0.3, 0.4) is 0 Å². The predicted molar refractivity (Wildman–Crippen MR) is 65.2 cm³/mol. The number of carbonyl (C=O) groups is 2. The van der Waals surface area contributed by atoms with E-state index in [-0.39, 0.29) is 17.8 Å². The van der Waals surface area contributed by atoms with E-state index in [9.17, 15) is 18.4 Å². The second kappa shape index (κ2) is 4.16. The van der Waals surface area contributed by atoms with Crippen LogP contribution in [0.2, 0.25) is 0 Å². The van der Waals surface area contributed by atoms with Gasteiger partial charge >= 0.3 is 6.09 Å². The molecule has 7 heteroatoms. The van der Waals surface area contributed by atoms with Crippen LogP contribution in [0.4, 0.5) is 19.3 Å². The molecule has 5 nitrogen and oxygen atoms in total. The van der Waals surface area contributed by atoms with Crippen LogP contribution in [0.15, 0.2) is 18.2 Å². The van der Waals surface area contributed by atoms with Gasteiger partial charge in [0, 0.05) is 5.56 Å². The number of alkyl halides is 1. The van der Waals surface area contributed by atoms with Crippen molar-refractivity contribution in [3.05, 3.63) is 29.6 Å². The lowest BCUT2D eigenvalue weighted by atomic mass is 10.1. The van der Waals surface area contributed by atoms with E-state index in [4.69, 9.17) is 10.5 Å². The molecule has 0 bridgehead atoms. The van der Waals surface area contributed by atoms with E-state index in [1.807, 2.05) is 0 Å². The topological polar surface area (TPSA) is 72.6 Å². The van der Waals surface area contributed by atoms with Crippen LogP contribution in [-0.2, 0) is 15.2 Å². The van der Waals surface area contributed by atoms with Crippen LogP contribution in [0.5, 0.6) is 0 Å². The lowest BCUT2D eigenvalue weighted by molar-refractivity contribution is -0.124. The minimum Gasteiger partial charge on any atom is -0.434 e. The molecule has 20 heavy (non-hydrogen) atoms. The van der Waals surface area contributed by atoms with Crippen molar-refractivity contribution in [1.29, 1.82) is 0 Å². The first-order valence-electron chi connectivity index (χ1n) is 6.17. The molecule has 1 aliphatic carbocycles. The lowest BCUT2D eigenvalue weighted by Crippen LogP contribution is -2.32. The molecule has 2 fully saturated rings. The summed E-state index contributed by atoms with van der Waals surface area (Å²) in [4.78, 5) is 23.7. The largest absolute Gasteiger partial charge is 0.434 e. The standard InChI is InChI=1S/C13H12F2N2O3/c14-9-5-7(1-2-8(9)13(15)3-4-13)17-6-10(11(16)18)20-12(17)19/h1-2,5,10H,3-4,6H2,(H2,16,18)/t10-/m1/s1. The summed E-state index contributed by atoms with van der Waals surface area (Å²) in [5.41, 5.74) is 3.69. The maximum Gasteiger partial charge on any atom is 0.415 e. The van der Waals surface area contributed by atoms with Crippen molar-refractivity contribution >= 4 is 17.7 Å². The van der Waals surface area contributed by atoms with Crippen molar-refractivity contribution in [2.75, 3.05) is 11.4 Å². The Morgan fingerprint density at radius 2 is 2.15 bits per heavy atom. The quantitative estimate of drug-likeness (QED) is 0.915. The number of amides is 2. The monoisotopic (exact) mass is 282 g/mol. The van der Waals surface area contributed by atoms with Gasteiger partial charge in [-0.05, 0) is 25.0 Å². The third-order valence-corrected chi connectivity index (χ3v) is 3.57. The highest BCUT2D eigenvalue weighted by Gasteiger charge is 2.47. The molecule has 1 aliphatic heterocycles. The zero-order valence-corrected chi connectivity index (χ0v) is 10.4. The minimum atomic E-state index is -1.58. The fourth-order valence-electron chi connectivity index (χ4n) is 2.24. The van der Waals surface area contributed by atoms with Gasteiger partial charge in [0.1, 0.15) is 11.5 Å². The van der Waals surface area contributed by atoms with Crippen molar-refractivity contribution in [3.8, 4) is 0 Å². The summed E-state index contributed by atoms with van der Waals surface area (Å²) >= 11 is 0. The van der Waals surface area contributed by atoms with E-state index >= 15 is 0 Å². The van der Waals surface area contributed by atoms with Gasteiger partial charge in [0.15, 0.2) is 6.10 Å². The Hall–Kier alpha value is -2.18. The molecule has 0 radical (unpaired) electrons. The van der Waals surface area contributed by atoms with Crippen LogP contribution < -0.4 is 10.6 Å². The van der Waals surface area contributed by atoms with E-state index in [2.05, 4.69) is 0 Å². The van der Waals surface area contributed by atoms with Crippen molar-refractivity contribution in [1.82, 2.24) is 0 Å². The Balaban J connectivity index is 1.86. The summed E-state index contributed by atoms with van der Waals surface area (Å²) in [6.45, 7) is -0.0757. The molecule has 0 spiro atoms. The van der Waals surface area contributed by atoms with Crippen molar-refractivity contribution in [2.24, 2.45) is 5.73 Å². The minimum absolute atomic E-state index is 0.000246. The molecule has 106 valence electrons. The maximum absolute atomic E-state index is 13.9. The van der Waals surface area contributed by atoms with Gasteiger partial charge in [-0.3, -0.25) is 9.69 Å². The Bertz CT molecular complexity index is 601. The van der Waals surface area contributed by atoms with Gasteiger partial charge in [-0.2, -0.15) is 0 Å². The lowest BCUT2D eigenvalue weighted by Gasteiger charge is -2.15. The number of anilines is 1. The van der Waals surface area contributed by atoms with Crippen LogP contribution in [0.1, 0.15) is 18.4 Å². The molecule has 2 aliphatic rings. The third kappa shape index (κ3) is 1.99. The van der Waals surface area contributed by atoms with Crippen LogP contribution in [0.25, 0.3) is 0 Å². The Morgan fingerprint density at radius 1 is 1.45 bits per heavy atom. The van der Waals surface area contributed by atoms with Gasteiger partial charge in [-0.25, -0.2) is 13.6 Å². The number of halogens is 2. The zero-order valence-electron chi connectivity index (χ0n) is 10.4. The number of hydrogen-bond acceptors (Lipinski definition) is 3. The van der Waals surface area contributed by atoms with E-state index in [1.165, 1.54) is 12.1 Å². The first-order valence-corrected chi connectivity index (χ1v) is 6.17. The number of ether oxygens (including phenoxy) is 1. The number of rotatable bonds is 3. The summed E-state index contributed by atoms with van der Waals surface area (Å²) in [5, 5.41) is 0. The van der Waals surface area contributed by atoms with E-state index < -0.39 is 29.6 Å². The number of hydrogen-bond donors (Lipinski definition) is 1. The van der Waals surface area contributed by atoms with Gasteiger partial charge < -0.3 is 10.5 Å². The summed E-state index contributed by atoms with van der Waals surface area (Å²) in [5.74, 6) is -1.48. The summed E-state index contributed by atoms with van der Waals surface area (Å²) < 4.78 is 32.5. The van der Waals surface area contributed by atoms with Gasteiger partial charge in [0.2, 0.25) is 0 Å². The highest BCUT2D eigenvalue weighted by Crippen LogP contribution is 2.50. The van der Waals surface area contributed by atoms with Crippen LogP contribution >= 0.6 is 0 Å². The molecule has 1 aromatic rings. The molecule has 1 aromatic carbocycles. The van der Waals surface area contributed by atoms with Crippen molar-refractivity contribution < 1.29 is 23.1 Å². The predicted octanol–water partition coefficient (Wildman–Crippen LogP) is 1.59. The fourth-order valence-corrected chi connectivity index (χ4v) is 2.24. The van der Waals surface area contributed by atoms with E-state index in [0.717, 1.165) is 11.0 Å². The normalized spacial score (nSPS) is 23.6.